The van der Waals surface area contributed by atoms with Crippen LogP contribution in [0.1, 0.15) is 40.6 Å². The van der Waals surface area contributed by atoms with E-state index in [-0.39, 0.29) is 23.2 Å². The van der Waals surface area contributed by atoms with Gasteiger partial charge >= 0.3 is 6.18 Å². The Morgan fingerprint density at radius 1 is 1.10 bits per heavy atom. The number of nitrogens with one attached hydrogen (secondary N) is 1. The Balaban J connectivity index is 1.37. The number of anilines is 1. The second kappa shape index (κ2) is 11.6. The van der Waals surface area contributed by atoms with Gasteiger partial charge in [0.25, 0.3) is 5.91 Å². The molecule has 9 nitrogen and oxygen atoms in total. The fraction of sp³-hybridized carbons (Fsp3) is 0.462. The quantitative estimate of drug-likeness (QED) is 0.469. The van der Waals surface area contributed by atoms with Gasteiger partial charge in [0, 0.05) is 56.1 Å². The number of aliphatic hydroxyl groups is 1. The van der Waals surface area contributed by atoms with Crippen molar-refractivity contribution in [1.82, 2.24) is 25.2 Å². The van der Waals surface area contributed by atoms with Crippen LogP contribution in [0.3, 0.4) is 0 Å². The zero-order chi connectivity index (χ0) is 27.6. The molecule has 1 unspecified atom stereocenters. The molecule has 2 saturated heterocycles. The third kappa shape index (κ3) is 6.24. The number of carbonyl (C=O) groups excluding carboxylic acids is 1. The number of hydrogen-bond donors (Lipinski definition) is 2. The van der Waals surface area contributed by atoms with Gasteiger partial charge in [0.05, 0.1) is 41.5 Å². The highest BCUT2D eigenvalue weighted by Gasteiger charge is 2.35. The van der Waals surface area contributed by atoms with Gasteiger partial charge < -0.3 is 20.1 Å². The number of aromatic nitrogens is 3. The van der Waals surface area contributed by atoms with Gasteiger partial charge in [0.2, 0.25) is 5.82 Å². The lowest BCUT2D eigenvalue weighted by atomic mass is 10.1. The molecule has 2 aliphatic heterocycles. The van der Waals surface area contributed by atoms with E-state index in [1.807, 2.05) is 17.0 Å². The minimum absolute atomic E-state index is 0.0991. The van der Waals surface area contributed by atoms with Crippen molar-refractivity contribution >= 4 is 34.2 Å². The molecule has 0 radical (unpaired) electrons. The summed E-state index contributed by atoms with van der Waals surface area (Å²) in [6.45, 7) is 3.49. The molecule has 0 bridgehead atoms. The zero-order valence-electron chi connectivity index (χ0n) is 21.0. The maximum absolute atomic E-state index is 13.4. The predicted octanol–water partition coefficient (Wildman–Crippen LogP) is 3.46. The third-order valence-electron chi connectivity index (χ3n) is 7.07. The number of carbonyl (C=O) groups is 1. The van der Waals surface area contributed by atoms with Crippen LogP contribution in [0, 0.1) is 0 Å². The number of benzene rings is 1. The maximum Gasteiger partial charge on any atom is 0.451 e. The normalized spacial score (nSPS) is 18.3. The molecule has 1 atom stereocenters. The lowest BCUT2D eigenvalue weighted by Gasteiger charge is -2.34. The monoisotopic (exact) mass is 564 g/mol. The zero-order valence-corrected chi connectivity index (χ0v) is 21.8. The Kier molecular flexibility index (Phi) is 8.17. The third-order valence-corrected chi connectivity index (χ3v) is 7.39. The number of fused-ring (bicyclic) bond motifs is 1. The minimum Gasteiger partial charge on any atom is -0.393 e. The number of nitrogens with zero attached hydrogens (tertiary/aromatic N) is 5. The lowest BCUT2D eigenvalue weighted by Crippen LogP contribution is -2.44. The van der Waals surface area contributed by atoms with Crippen LogP contribution in [0.15, 0.2) is 36.7 Å². The number of morpholine rings is 1. The van der Waals surface area contributed by atoms with Crippen molar-refractivity contribution < 1.29 is 27.8 Å². The molecular weight excluding hydrogens is 537 g/mol. The first-order chi connectivity index (χ1) is 18.7. The number of halogens is 4. The number of ether oxygens (including phenoxy) is 1. The number of hydrogen-bond acceptors (Lipinski definition) is 8. The molecule has 2 N–H and O–H groups in total. The lowest BCUT2D eigenvalue weighted by molar-refractivity contribution is -0.145. The van der Waals surface area contributed by atoms with Crippen LogP contribution in [-0.2, 0) is 10.9 Å². The van der Waals surface area contributed by atoms with Crippen molar-refractivity contribution in [2.24, 2.45) is 0 Å². The van der Waals surface area contributed by atoms with E-state index >= 15 is 0 Å². The highest BCUT2D eigenvalue weighted by molar-refractivity contribution is 6.35. The number of amides is 1. The average Bonchev–Trinajstić information content (AvgIpc) is 2.93. The number of alkyl halides is 3. The SMILES string of the molecule is O=C(NCC(c1cnc(C(F)(F)F)nc1)N1CCOCC1)c1c(Cl)ccc2nc(N3CCC(O)CC3)ccc12. The largest absolute Gasteiger partial charge is 0.451 e. The van der Waals surface area contributed by atoms with Crippen LogP contribution >= 0.6 is 11.6 Å². The van der Waals surface area contributed by atoms with E-state index in [9.17, 15) is 23.1 Å². The van der Waals surface area contributed by atoms with Gasteiger partial charge in [-0.25, -0.2) is 15.0 Å². The molecule has 1 aromatic carbocycles. The van der Waals surface area contributed by atoms with Gasteiger partial charge in [0.15, 0.2) is 0 Å². The summed E-state index contributed by atoms with van der Waals surface area (Å²) in [6.07, 6.45) is -1.30. The highest BCUT2D eigenvalue weighted by atomic mass is 35.5. The van der Waals surface area contributed by atoms with Crippen molar-refractivity contribution in [3.63, 3.8) is 0 Å². The predicted molar refractivity (Wildman–Crippen MR) is 139 cm³/mol. The van der Waals surface area contributed by atoms with Crippen LogP contribution < -0.4 is 10.2 Å². The summed E-state index contributed by atoms with van der Waals surface area (Å²) < 4.78 is 44.4. The Hall–Kier alpha value is -3.06. The van der Waals surface area contributed by atoms with Gasteiger partial charge in [-0.3, -0.25) is 9.69 Å². The molecule has 39 heavy (non-hydrogen) atoms. The summed E-state index contributed by atoms with van der Waals surface area (Å²) >= 11 is 6.46. The molecular formula is C26H28ClF3N6O3. The Labute approximate surface area is 228 Å². The van der Waals surface area contributed by atoms with Gasteiger partial charge in [-0.15, -0.1) is 0 Å². The molecule has 2 fully saturated rings. The van der Waals surface area contributed by atoms with Crippen LogP contribution in [0.4, 0.5) is 19.0 Å². The number of aliphatic hydroxyl groups excluding tert-OH is 1. The second-order valence-corrected chi connectivity index (χ2v) is 10.00. The van der Waals surface area contributed by atoms with Gasteiger partial charge in [-0.2, -0.15) is 13.2 Å². The van der Waals surface area contributed by atoms with Gasteiger partial charge in [-0.1, -0.05) is 11.6 Å². The molecule has 1 amide bonds. The Morgan fingerprint density at radius 3 is 2.46 bits per heavy atom. The Bertz CT molecular complexity index is 1310. The summed E-state index contributed by atoms with van der Waals surface area (Å²) in [7, 11) is 0. The summed E-state index contributed by atoms with van der Waals surface area (Å²) in [5.41, 5.74) is 1.33. The first-order valence-corrected chi connectivity index (χ1v) is 13.1. The maximum atomic E-state index is 13.4. The fourth-order valence-corrected chi connectivity index (χ4v) is 5.20. The van der Waals surface area contributed by atoms with Crippen LogP contribution in [0.25, 0.3) is 10.9 Å². The van der Waals surface area contributed by atoms with E-state index in [4.69, 9.17) is 21.3 Å². The van der Waals surface area contributed by atoms with Crippen LogP contribution in [0.5, 0.6) is 0 Å². The fourth-order valence-electron chi connectivity index (χ4n) is 4.95. The summed E-state index contributed by atoms with van der Waals surface area (Å²) in [5, 5.41) is 13.5. The standard InChI is InChI=1S/C26H28ClF3N6O3/c27-19-2-3-20-18(1-4-22(34-20)36-7-5-17(37)6-8-36)23(19)24(38)31-15-21(35-9-11-39-12-10-35)16-13-32-25(33-14-16)26(28,29)30/h1-4,13-14,17,21,37H,5-12,15H2,(H,31,38). The van der Waals surface area contributed by atoms with E-state index in [2.05, 4.69) is 20.2 Å². The molecule has 4 heterocycles. The Morgan fingerprint density at radius 2 is 1.79 bits per heavy atom. The number of piperidine rings is 1. The van der Waals surface area contributed by atoms with Crippen LogP contribution in [-0.4, -0.2) is 82.9 Å². The molecule has 2 aliphatic rings. The van der Waals surface area contributed by atoms with Gasteiger partial charge in [-0.05, 0) is 37.1 Å². The average molecular weight is 565 g/mol. The molecule has 3 aromatic rings. The van der Waals surface area contributed by atoms with Crippen molar-refractivity contribution in [2.45, 2.75) is 31.2 Å². The first-order valence-electron chi connectivity index (χ1n) is 12.7. The summed E-state index contributed by atoms with van der Waals surface area (Å²) in [6, 6.07) is 6.56. The van der Waals surface area contributed by atoms with E-state index < -0.39 is 23.9 Å². The van der Waals surface area contributed by atoms with E-state index in [0.29, 0.717) is 68.7 Å². The molecule has 208 valence electrons. The van der Waals surface area contributed by atoms with Crippen LogP contribution in [0.2, 0.25) is 5.02 Å². The second-order valence-electron chi connectivity index (χ2n) is 9.59. The molecule has 0 aliphatic carbocycles. The minimum atomic E-state index is -4.64. The van der Waals surface area contributed by atoms with Crippen molar-refractivity contribution in [1.29, 1.82) is 0 Å². The van der Waals surface area contributed by atoms with E-state index in [1.165, 1.54) is 0 Å². The van der Waals surface area contributed by atoms with Gasteiger partial charge in [0.1, 0.15) is 5.82 Å². The number of rotatable bonds is 6. The van der Waals surface area contributed by atoms with Crippen molar-refractivity contribution in [3.8, 4) is 0 Å². The molecule has 5 rings (SSSR count). The highest BCUT2D eigenvalue weighted by Crippen LogP contribution is 2.30. The summed E-state index contributed by atoms with van der Waals surface area (Å²) in [4.78, 5) is 29.3. The molecule has 0 spiro atoms. The topological polar surface area (TPSA) is 104 Å². The van der Waals surface area contributed by atoms with Crippen molar-refractivity contribution in [3.05, 3.63) is 58.6 Å². The molecule has 13 heteroatoms. The first kappa shape index (κ1) is 27.5. The van der Waals surface area contributed by atoms with E-state index in [0.717, 1.165) is 18.2 Å². The smallest absolute Gasteiger partial charge is 0.393 e. The molecule has 2 aromatic heterocycles. The number of pyridine rings is 1. The van der Waals surface area contributed by atoms with Crippen molar-refractivity contribution in [2.75, 3.05) is 50.8 Å². The summed E-state index contributed by atoms with van der Waals surface area (Å²) in [5.74, 6) is -0.878. The molecule has 0 saturated carbocycles. The van der Waals surface area contributed by atoms with E-state index in [1.54, 1.807) is 12.1 Å².